The Balaban J connectivity index is 1.77. The molecule has 0 saturated heterocycles. The van der Waals surface area contributed by atoms with E-state index in [4.69, 9.17) is 4.74 Å². The zero-order valence-corrected chi connectivity index (χ0v) is 15.4. The van der Waals surface area contributed by atoms with Crippen LogP contribution >= 0.6 is 0 Å². The summed E-state index contributed by atoms with van der Waals surface area (Å²) in [6.45, 7) is 8.83. The Bertz CT molecular complexity index is 627. The van der Waals surface area contributed by atoms with Gasteiger partial charge < -0.3 is 15.4 Å². The molecule has 24 heavy (non-hydrogen) atoms. The van der Waals surface area contributed by atoms with Gasteiger partial charge in [0, 0.05) is 30.2 Å². The van der Waals surface area contributed by atoms with Crippen LogP contribution in [0.5, 0.6) is 5.75 Å². The molecule has 1 aromatic carbocycles. The van der Waals surface area contributed by atoms with Crippen LogP contribution < -0.4 is 15.4 Å². The molecule has 132 valence electrons. The number of methoxy groups -OCH3 is 1. The van der Waals surface area contributed by atoms with Crippen molar-refractivity contribution in [3.05, 3.63) is 30.5 Å². The Morgan fingerprint density at radius 2 is 1.88 bits per heavy atom. The van der Waals surface area contributed by atoms with Gasteiger partial charge in [-0.3, -0.25) is 4.98 Å². The van der Waals surface area contributed by atoms with Crippen molar-refractivity contribution in [2.45, 2.75) is 46.1 Å². The highest BCUT2D eigenvalue weighted by Gasteiger charge is 2.06. The number of aromatic nitrogens is 1. The molecule has 0 spiro atoms. The third-order valence-corrected chi connectivity index (χ3v) is 4.55. The summed E-state index contributed by atoms with van der Waals surface area (Å²) in [5.41, 5.74) is 2.06. The fourth-order valence-electron chi connectivity index (χ4n) is 2.63. The summed E-state index contributed by atoms with van der Waals surface area (Å²) in [5.74, 6) is 1.56. The number of rotatable bonds is 10. The van der Waals surface area contributed by atoms with E-state index >= 15 is 0 Å². The summed E-state index contributed by atoms with van der Waals surface area (Å²) in [6.07, 6.45) is 5.43. The first-order valence-corrected chi connectivity index (χ1v) is 9.02. The number of hydrogen-bond acceptors (Lipinski definition) is 4. The van der Waals surface area contributed by atoms with Crippen molar-refractivity contribution in [1.82, 2.24) is 10.3 Å². The fourth-order valence-corrected chi connectivity index (χ4v) is 2.63. The van der Waals surface area contributed by atoms with Gasteiger partial charge in [-0.05, 0) is 44.4 Å². The molecule has 0 aliphatic heterocycles. The smallest absolute Gasteiger partial charge is 0.121 e. The average molecular weight is 329 g/mol. The lowest BCUT2D eigenvalue weighted by molar-refractivity contribution is 0.415. The number of unbranched alkanes of at least 4 members (excludes halogenated alkanes) is 2. The molecule has 4 nitrogen and oxygen atoms in total. The second-order valence-corrected chi connectivity index (χ2v) is 6.72. The molecular weight excluding hydrogens is 298 g/mol. The van der Waals surface area contributed by atoms with E-state index in [2.05, 4.69) is 42.5 Å². The molecule has 2 aromatic rings. The summed E-state index contributed by atoms with van der Waals surface area (Å²) in [7, 11) is 1.70. The van der Waals surface area contributed by atoms with Crippen LogP contribution in [0.3, 0.4) is 0 Å². The maximum Gasteiger partial charge on any atom is 0.121 e. The van der Waals surface area contributed by atoms with Crippen LogP contribution in [-0.4, -0.2) is 31.2 Å². The van der Waals surface area contributed by atoms with Crippen LogP contribution in [0.15, 0.2) is 30.5 Å². The van der Waals surface area contributed by atoms with E-state index in [0.717, 1.165) is 41.9 Å². The summed E-state index contributed by atoms with van der Waals surface area (Å²) in [4.78, 5) is 4.49. The van der Waals surface area contributed by atoms with E-state index in [1.54, 1.807) is 7.11 Å². The zero-order valence-electron chi connectivity index (χ0n) is 15.4. The van der Waals surface area contributed by atoms with Gasteiger partial charge in [0.05, 0.1) is 18.3 Å². The maximum absolute atomic E-state index is 5.39. The van der Waals surface area contributed by atoms with Gasteiger partial charge in [-0.25, -0.2) is 0 Å². The Labute approximate surface area is 146 Å². The molecule has 1 atom stereocenters. The number of hydrogen-bond donors (Lipinski definition) is 2. The highest BCUT2D eigenvalue weighted by molar-refractivity contribution is 5.91. The minimum Gasteiger partial charge on any atom is -0.497 e. The molecule has 4 heteroatoms. The number of nitrogens with one attached hydrogen (secondary N) is 2. The zero-order chi connectivity index (χ0) is 17.4. The van der Waals surface area contributed by atoms with Crippen molar-refractivity contribution in [3.8, 4) is 5.75 Å². The number of pyridine rings is 1. The molecule has 1 aromatic heterocycles. The van der Waals surface area contributed by atoms with E-state index in [0.29, 0.717) is 12.0 Å². The summed E-state index contributed by atoms with van der Waals surface area (Å²) in [6, 6.07) is 8.67. The predicted molar refractivity (Wildman–Crippen MR) is 103 cm³/mol. The average Bonchev–Trinajstić information content (AvgIpc) is 2.60. The SMILES string of the molecule is COc1cc(NCCCCCNC(C)C(C)C)c2ncccc2c1. The molecular formula is C20H31N3O. The first kappa shape index (κ1) is 18.5. The monoisotopic (exact) mass is 329 g/mol. The predicted octanol–water partition coefficient (Wildman–Crippen LogP) is 4.46. The normalized spacial score (nSPS) is 12.5. The molecule has 0 amide bonds. The second-order valence-electron chi connectivity index (χ2n) is 6.72. The van der Waals surface area contributed by atoms with E-state index in [1.807, 2.05) is 24.4 Å². The van der Waals surface area contributed by atoms with E-state index in [-0.39, 0.29) is 0 Å². The first-order valence-electron chi connectivity index (χ1n) is 9.02. The van der Waals surface area contributed by atoms with Crippen molar-refractivity contribution in [2.24, 2.45) is 5.92 Å². The molecule has 0 radical (unpaired) electrons. The topological polar surface area (TPSA) is 46.2 Å². The summed E-state index contributed by atoms with van der Waals surface area (Å²) in [5, 5.41) is 8.20. The Morgan fingerprint density at radius 1 is 1.08 bits per heavy atom. The maximum atomic E-state index is 5.39. The summed E-state index contributed by atoms with van der Waals surface area (Å²) >= 11 is 0. The lowest BCUT2D eigenvalue weighted by atomic mass is 10.1. The number of benzene rings is 1. The molecule has 0 aliphatic rings. The van der Waals surface area contributed by atoms with Gasteiger partial charge in [0.25, 0.3) is 0 Å². The van der Waals surface area contributed by atoms with Crippen LogP contribution in [0.4, 0.5) is 5.69 Å². The Hall–Kier alpha value is -1.81. The van der Waals surface area contributed by atoms with Gasteiger partial charge in [-0.2, -0.15) is 0 Å². The van der Waals surface area contributed by atoms with Crippen molar-refractivity contribution in [3.63, 3.8) is 0 Å². The summed E-state index contributed by atoms with van der Waals surface area (Å²) < 4.78 is 5.39. The van der Waals surface area contributed by atoms with Gasteiger partial charge in [0.1, 0.15) is 5.75 Å². The van der Waals surface area contributed by atoms with Gasteiger partial charge >= 0.3 is 0 Å². The lowest BCUT2D eigenvalue weighted by Crippen LogP contribution is -2.31. The molecule has 0 fully saturated rings. The third-order valence-electron chi connectivity index (χ3n) is 4.55. The molecule has 1 unspecified atom stereocenters. The largest absolute Gasteiger partial charge is 0.497 e. The minimum absolute atomic E-state index is 0.595. The molecule has 0 bridgehead atoms. The second kappa shape index (κ2) is 9.48. The lowest BCUT2D eigenvalue weighted by Gasteiger charge is -2.17. The van der Waals surface area contributed by atoms with Crippen molar-refractivity contribution < 1.29 is 4.74 Å². The standard InChI is InChI=1S/C20H31N3O/c1-15(2)16(3)21-10-6-5-7-11-22-19-14-18(24-4)13-17-9-8-12-23-20(17)19/h8-9,12-16,21-22H,5-7,10-11H2,1-4H3. The van der Waals surface area contributed by atoms with Crippen LogP contribution in [-0.2, 0) is 0 Å². The quantitative estimate of drug-likeness (QED) is 0.632. The molecule has 0 saturated carbocycles. The fraction of sp³-hybridized carbons (Fsp3) is 0.550. The molecule has 0 aliphatic carbocycles. The van der Waals surface area contributed by atoms with Crippen LogP contribution in [0, 0.1) is 5.92 Å². The van der Waals surface area contributed by atoms with E-state index in [9.17, 15) is 0 Å². The number of ether oxygens (including phenoxy) is 1. The molecule has 2 N–H and O–H groups in total. The number of fused-ring (bicyclic) bond motifs is 1. The Kier molecular flexibility index (Phi) is 7.32. The van der Waals surface area contributed by atoms with Crippen LogP contribution in [0.1, 0.15) is 40.0 Å². The van der Waals surface area contributed by atoms with Gasteiger partial charge in [0.2, 0.25) is 0 Å². The van der Waals surface area contributed by atoms with Crippen LogP contribution in [0.2, 0.25) is 0 Å². The first-order chi connectivity index (χ1) is 11.6. The minimum atomic E-state index is 0.595. The number of nitrogens with zero attached hydrogens (tertiary/aromatic N) is 1. The van der Waals surface area contributed by atoms with E-state index in [1.165, 1.54) is 12.8 Å². The molecule has 1 heterocycles. The van der Waals surface area contributed by atoms with Crippen LogP contribution in [0.25, 0.3) is 10.9 Å². The Morgan fingerprint density at radius 3 is 2.62 bits per heavy atom. The van der Waals surface area contributed by atoms with Gasteiger partial charge in [-0.15, -0.1) is 0 Å². The highest BCUT2D eigenvalue weighted by atomic mass is 16.5. The number of anilines is 1. The van der Waals surface area contributed by atoms with Gasteiger partial charge in [-0.1, -0.05) is 26.3 Å². The van der Waals surface area contributed by atoms with Crippen molar-refractivity contribution in [2.75, 3.05) is 25.5 Å². The van der Waals surface area contributed by atoms with Gasteiger partial charge in [0.15, 0.2) is 0 Å². The highest BCUT2D eigenvalue weighted by Crippen LogP contribution is 2.27. The van der Waals surface area contributed by atoms with E-state index < -0.39 is 0 Å². The van der Waals surface area contributed by atoms with Crippen molar-refractivity contribution >= 4 is 16.6 Å². The molecule has 2 rings (SSSR count). The third kappa shape index (κ3) is 5.38. The van der Waals surface area contributed by atoms with Crippen molar-refractivity contribution in [1.29, 1.82) is 0 Å².